The summed E-state index contributed by atoms with van der Waals surface area (Å²) < 4.78 is 10.0. The first-order valence-electron chi connectivity index (χ1n) is 6.82. The molecule has 1 fully saturated rings. The molecular formula is C14H18N2O5. The maximum Gasteiger partial charge on any atom is 0.333 e. The van der Waals surface area contributed by atoms with Gasteiger partial charge in [0.1, 0.15) is 12.2 Å². The summed E-state index contributed by atoms with van der Waals surface area (Å²) in [6, 6.07) is 5.00. The number of nitro groups is 1. The van der Waals surface area contributed by atoms with Crippen LogP contribution in [0.4, 0.5) is 11.4 Å². The molecule has 0 amide bonds. The van der Waals surface area contributed by atoms with Crippen LogP contribution in [-0.4, -0.2) is 37.2 Å². The summed E-state index contributed by atoms with van der Waals surface area (Å²) >= 11 is 0. The summed E-state index contributed by atoms with van der Waals surface area (Å²) in [5.74, 6) is -0.200. The molecule has 0 bridgehead atoms. The van der Waals surface area contributed by atoms with Crippen LogP contribution in [0.15, 0.2) is 18.2 Å². The first-order valence-corrected chi connectivity index (χ1v) is 6.82. The first-order chi connectivity index (χ1) is 10.1. The zero-order valence-electron chi connectivity index (χ0n) is 12.1. The molecule has 1 aliphatic carbocycles. The molecule has 2 rings (SSSR count). The highest BCUT2D eigenvalue weighted by atomic mass is 16.6. The van der Waals surface area contributed by atoms with Crippen LogP contribution < -0.4 is 9.64 Å². The molecule has 0 saturated heterocycles. The number of ether oxygens (including phenoxy) is 2. The molecule has 0 unspecified atom stereocenters. The second-order valence-corrected chi connectivity index (χ2v) is 4.75. The number of nitrogens with zero attached hydrogens (tertiary/aromatic N) is 2. The van der Waals surface area contributed by atoms with Crippen molar-refractivity contribution in [2.24, 2.45) is 0 Å². The van der Waals surface area contributed by atoms with Crippen molar-refractivity contribution < 1.29 is 19.2 Å². The lowest BCUT2D eigenvalue weighted by molar-refractivity contribution is -0.385. The number of esters is 1. The van der Waals surface area contributed by atoms with Gasteiger partial charge in [-0.1, -0.05) is 6.07 Å². The topological polar surface area (TPSA) is 81.9 Å². The summed E-state index contributed by atoms with van der Waals surface area (Å²) in [5.41, 5.74) is 0.283. The third-order valence-corrected chi connectivity index (χ3v) is 3.28. The minimum absolute atomic E-state index is 0.00646. The second kappa shape index (κ2) is 6.43. The van der Waals surface area contributed by atoms with Gasteiger partial charge >= 0.3 is 11.7 Å². The van der Waals surface area contributed by atoms with Gasteiger partial charge in [0.25, 0.3) is 0 Å². The largest absolute Gasteiger partial charge is 0.490 e. The molecule has 0 atom stereocenters. The van der Waals surface area contributed by atoms with Gasteiger partial charge in [-0.05, 0) is 31.9 Å². The predicted octanol–water partition coefficient (Wildman–Crippen LogP) is 2.14. The number of para-hydroxylation sites is 1. The molecule has 1 saturated carbocycles. The van der Waals surface area contributed by atoms with Gasteiger partial charge in [0.05, 0.1) is 18.6 Å². The number of hydrogen-bond acceptors (Lipinski definition) is 6. The number of anilines is 1. The van der Waals surface area contributed by atoms with E-state index in [2.05, 4.69) is 0 Å². The van der Waals surface area contributed by atoms with Gasteiger partial charge in [-0.25, -0.2) is 0 Å². The maximum atomic E-state index is 11.7. The third-order valence-electron chi connectivity index (χ3n) is 3.28. The van der Waals surface area contributed by atoms with Gasteiger partial charge in [-0.2, -0.15) is 0 Å². The highest BCUT2D eigenvalue weighted by molar-refractivity contribution is 5.80. The van der Waals surface area contributed by atoms with Gasteiger partial charge in [-0.15, -0.1) is 0 Å². The Labute approximate surface area is 122 Å². The van der Waals surface area contributed by atoms with Crippen LogP contribution in [0.2, 0.25) is 0 Å². The first kappa shape index (κ1) is 15.1. The molecule has 0 spiro atoms. The molecule has 0 radical (unpaired) electrons. The van der Waals surface area contributed by atoms with E-state index in [1.54, 1.807) is 24.0 Å². The van der Waals surface area contributed by atoms with Gasteiger partial charge in [0.2, 0.25) is 0 Å². The molecule has 0 aromatic heterocycles. The molecule has 114 valence electrons. The summed E-state index contributed by atoms with van der Waals surface area (Å²) in [6.07, 6.45) is 1.82. The average molecular weight is 294 g/mol. The summed E-state index contributed by atoms with van der Waals surface area (Å²) in [6.45, 7) is 2.03. The Morgan fingerprint density at radius 2 is 2.19 bits per heavy atom. The summed E-state index contributed by atoms with van der Waals surface area (Å²) in [4.78, 5) is 24.3. The highest BCUT2D eigenvalue weighted by Crippen LogP contribution is 2.41. The molecule has 0 heterocycles. The lowest BCUT2D eigenvalue weighted by atomic mass is 10.2. The molecule has 0 N–H and O–H groups in total. The molecule has 7 heteroatoms. The van der Waals surface area contributed by atoms with Crippen LogP contribution in [0.1, 0.15) is 19.8 Å². The minimum atomic E-state index is -0.477. The van der Waals surface area contributed by atoms with E-state index in [4.69, 9.17) is 9.47 Å². The monoisotopic (exact) mass is 294 g/mol. The minimum Gasteiger partial charge on any atom is -0.490 e. The zero-order valence-corrected chi connectivity index (χ0v) is 12.1. The Bertz CT molecular complexity index is 542. The van der Waals surface area contributed by atoms with E-state index in [0.717, 1.165) is 12.8 Å². The van der Waals surface area contributed by atoms with Crippen molar-refractivity contribution in [3.05, 3.63) is 28.3 Å². The lowest BCUT2D eigenvalue weighted by Gasteiger charge is -2.23. The number of benzene rings is 1. The van der Waals surface area contributed by atoms with E-state index >= 15 is 0 Å². The van der Waals surface area contributed by atoms with Crippen molar-refractivity contribution in [1.82, 2.24) is 0 Å². The van der Waals surface area contributed by atoms with Crippen LogP contribution in [0.5, 0.6) is 5.75 Å². The fourth-order valence-electron chi connectivity index (χ4n) is 2.23. The normalized spacial score (nSPS) is 13.6. The van der Waals surface area contributed by atoms with E-state index in [1.165, 1.54) is 13.2 Å². The van der Waals surface area contributed by atoms with E-state index in [0.29, 0.717) is 5.69 Å². The van der Waals surface area contributed by atoms with Crippen molar-refractivity contribution in [3.63, 3.8) is 0 Å². The summed E-state index contributed by atoms with van der Waals surface area (Å²) in [7, 11) is 1.39. The zero-order chi connectivity index (χ0) is 15.4. The number of carbonyl (C=O) groups is 1. The number of methoxy groups -OCH3 is 1. The number of rotatable bonds is 7. The molecule has 1 aromatic carbocycles. The third kappa shape index (κ3) is 3.42. The Morgan fingerprint density at radius 3 is 2.71 bits per heavy atom. The molecule has 0 aliphatic heterocycles. The Kier molecular flexibility index (Phi) is 4.62. The van der Waals surface area contributed by atoms with E-state index in [9.17, 15) is 14.9 Å². The van der Waals surface area contributed by atoms with E-state index in [-0.39, 0.29) is 36.6 Å². The molecule has 1 aliphatic rings. The van der Waals surface area contributed by atoms with Crippen molar-refractivity contribution in [1.29, 1.82) is 0 Å². The summed E-state index contributed by atoms with van der Waals surface area (Å²) in [5, 5.41) is 11.3. The predicted molar refractivity (Wildman–Crippen MR) is 76.6 cm³/mol. The van der Waals surface area contributed by atoms with Crippen molar-refractivity contribution in [2.45, 2.75) is 25.8 Å². The number of hydrogen-bond donors (Lipinski definition) is 0. The van der Waals surface area contributed by atoms with Crippen molar-refractivity contribution >= 4 is 17.3 Å². The van der Waals surface area contributed by atoms with Gasteiger partial charge < -0.3 is 14.4 Å². The molecular weight excluding hydrogens is 276 g/mol. The van der Waals surface area contributed by atoms with Crippen LogP contribution in [-0.2, 0) is 9.53 Å². The standard InChI is InChI=1S/C14H18N2O5/c1-3-21-13(17)9-15(10-7-8-10)11-5-4-6-12(20-2)14(11)16(18)19/h4-6,10H,3,7-9H2,1-2H3. The van der Waals surface area contributed by atoms with Gasteiger partial charge in [0.15, 0.2) is 5.75 Å². The van der Waals surface area contributed by atoms with Crippen LogP contribution >= 0.6 is 0 Å². The van der Waals surface area contributed by atoms with E-state index < -0.39 is 4.92 Å². The second-order valence-electron chi connectivity index (χ2n) is 4.75. The maximum absolute atomic E-state index is 11.7. The van der Waals surface area contributed by atoms with Crippen molar-refractivity contribution in [2.75, 3.05) is 25.2 Å². The SMILES string of the molecule is CCOC(=O)CN(c1cccc(OC)c1[N+](=O)[O-])C1CC1. The number of carbonyl (C=O) groups excluding carboxylic acids is 1. The van der Waals surface area contributed by atoms with Crippen LogP contribution in [0.25, 0.3) is 0 Å². The molecule has 1 aromatic rings. The van der Waals surface area contributed by atoms with Gasteiger partial charge in [-0.3, -0.25) is 14.9 Å². The lowest BCUT2D eigenvalue weighted by Crippen LogP contribution is -2.33. The number of nitro benzene ring substituents is 1. The Morgan fingerprint density at radius 1 is 1.48 bits per heavy atom. The quantitative estimate of drug-likeness (QED) is 0.435. The highest BCUT2D eigenvalue weighted by Gasteiger charge is 2.35. The van der Waals surface area contributed by atoms with Crippen LogP contribution in [0.3, 0.4) is 0 Å². The smallest absolute Gasteiger partial charge is 0.333 e. The fourth-order valence-corrected chi connectivity index (χ4v) is 2.23. The van der Waals surface area contributed by atoms with Crippen LogP contribution in [0, 0.1) is 10.1 Å². The Balaban J connectivity index is 2.36. The average Bonchev–Trinajstić information content (AvgIpc) is 3.28. The molecule has 21 heavy (non-hydrogen) atoms. The molecule has 7 nitrogen and oxygen atoms in total. The van der Waals surface area contributed by atoms with Gasteiger partial charge in [0, 0.05) is 6.04 Å². The van der Waals surface area contributed by atoms with Crippen molar-refractivity contribution in [3.8, 4) is 5.75 Å². The fraction of sp³-hybridized carbons (Fsp3) is 0.500. The Hall–Kier alpha value is -2.31. The van der Waals surface area contributed by atoms with E-state index in [1.807, 2.05) is 0 Å².